The van der Waals surface area contributed by atoms with E-state index in [-0.39, 0.29) is 44.6 Å². The molecule has 0 aromatic heterocycles. The van der Waals surface area contributed by atoms with Crippen LogP contribution < -0.4 is 26.0 Å². The van der Waals surface area contributed by atoms with Crippen molar-refractivity contribution in [2.45, 2.75) is 167 Å². The molecule has 0 radical (unpaired) electrons. The molecule has 3 saturated heterocycles. The SMILES string of the molecule is CC[C@H](C)[C@@H]1NC(=O)[C@H](C)N(C)C(=O)C[C@@H](C(=O)N2CCCC2)N(C)C(=O)[C@H](CC(C)C)NC(=O)[C@H](Cc2ccccc2)N(C)C(=O)[C@H](C)NC(=O)[C@H](Cc2cccc(I)c2)NC(=O)CN(C)C(=O)[C@H](Cc2ccc(OC)cc2)N(C)C(=O)C2CCN2C(=O)[C@H](C)N(C)C1=O. The lowest BCUT2D eigenvalue weighted by Gasteiger charge is -2.45. The maximum absolute atomic E-state index is 15.1. The van der Waals surface area contributed by atoms with Gasteiger partial charge in [-0.2, -0.15) is 0 Å². The van der Waals surface area contributed by atoms with E-state index in [0.29, 0.717) is 54.8 Å². The van der Waals surface area contributed by atoms with Crippen LogP contribution >= 0.6 is 22.6 Å². The molecular formula is C69H97IN12O13. The number of fused-ring (bicyclic) bond motifs is 1. The first kappa shape index (κ1) is 75.9. The van der Waals surface area contributed by atoms with Crippen molar-refractivity contribution in [2.24, 2.45) is 11.8 Å². The summed E-state index contributed by atoms with van der Waals surface area (Å²) in [5.41, 5.74) is 1.94. The Bertz CT molecular complexity index is 3260. The predicted molar refractivity (Wildman–Crippen MR) is 364 cm³/mol. The Balaban J connectivity index is 1.41. The van der Waals surface area contributed by atoms with Crippen molar-refractivity contribution >= 4 is 93.5 Å². The molecule has 95 heavy (non-hydrogen) atoms. The lowest BCUT2D eigenvalue weighted by Crippen LogP contribution is -2.65. The normalized spacial score (nSPS) is 25.8. The molecule has 0 bridgehead atoms. The van der Waals surface area contributed by atoms with Crippen molar-refractivity contribution in [3.05, 3.63) is 99.1 Å². The van der Waals surface area contributed by atoms with Crippen molar-refractivity contribution in [3.8, 4) is 5.75 Å². The monoisotopic (exact) mass is 1430 g/mol. The number of methoxy groups -OCH3 is 1. The van der Waals surface area contributed by atoms with E-state index in [2.05, 4.69) is 43.9 Å². The van der Waals surface area contributed by atoms with Crippen molar-refractivity contribution in [2.75, 3.05) is 75.6 Å². The summed E-state index contributed by atoms with van der Waals surface area (Å²) in [5, 5.41) is 11.3. The standard InChI is InChI=1S/C69H97IN12O13/c1-15-42(4)59-69(94)77(10)45(7)64(89)82-33-30-53(82)67(92)80(13)55(38-47-26-28-50(95-14)29-27-47)66(91)75(8)40-57(83)72-51(36-48-24-21-25-49(70)35-48)61(86)71-43(5)63(88)78(11)54(37-46-22-17-16-18-23-46)62(87)73-52(34-41(2)3)65(90)79(12)56(68(93)81-31-19-20-32-81)39-58(84)76(9)44(6)60(85)74-59/h16-18,21-29,35,41-45,51-56,59H,15,19-20,30-34,36-40H2,1-14H3,(H,71,86)(H,72,83)(H,73,87)(H,74,85)/t42-,43-,44-,45-,51-,52-,53?,54-,55-,56-,59-/m0/s1. The zero-order valence-electron chi connectivity index (χ0n) is 57.4. The largest absolute Gasteiger partial charge is 0.497 e. The summed E-state index contributed by atoms with van der Waals surface area (Å²) in [6.07, 6.45) is 1.40. The number of carbonyl (C=O) groups is 12. The summed E-state index contributed by atoms with van der Waals surface area (Å²) >= 11 is 2.12. The Labute approximate surface area is 572 Å². The number of rotatable bonds is 12. The van der Waals surface area contributed by atoms with Crippen LogP contribution in [0.2, 0.25) is 0 Å². The highest BCUT2D eigenvalue weighted by molar-refractivity contribution is 14.1. The van der Waals surface area contributed by atoms with E-state index in [1.54, 1.807) is 78.6 Å². The van der Waals surface area contributed by atoms with Gasteiger partial charge in [0.1, 0.15) is 66.2 Å². The fraction of sp³-hybridized carbons (Fsp3) is 0.565. The fourth-order valence-corrected chi connectivity index (χ4v) is 12.6. The van der Waals surface area contributed by atoms with Crippen LogP contribution in [-0.4, -0.2) is 246 Å². The molecule has 11 atom stereocenters. The molecule has 3 aromatic carbocycles. The quantitative estimate of drug-likeness (QED) is 0.190. The second kappa shape index (κ2) is 34.5. The summed E-state index contributed by atoms with van der Waals surface area (Å²) in [5.74, 6) is -8.16. The number of benzene rings is 3. The molecule has 0 saturated carbocycles. The Kier molecular flexibility index (Phi) is 27.5. The molecule has 0 spiro atoms. The van der Waals surface area contributed by atoms with Crippen LogP contribution in [0.3, 0.4) is 0 Å². The first-order chi connectivity index (χ1) is 44.9. The highest BCUT2D eigenvalue weighted by Crippen LogP contribution is 2.26. The molecule has 12 amide bonds. The summed E-state index contributed by atoms with van der Waals surface area (Å²) < 4.78 is 6.21. The number of hydrogen-bond acceptors (Lipinski definition) is 13. The summed E-state index contributed by atoms with van der Waals surface area (Å²) in [6.45, 7) is 12.0. The molecule has 3 heterocycles. The molecule has 518 valence electrons. The van der Waals surface area contributed by atoms with E-state index in [0.717, 1.165) is 18.3 Å². The lowest BCUT2D eigenvalue weighted by molar-refractivity contribution is -0.160. The minimum absolute atomic E-state index is 0.0323. The van der Waals surface area contributed by atoms with E-state index in [1.165, 1.54) is 89.8 Å². The van der Waals surface area contributed by atoms with Crippen LogP contribution in [0, 0.1) is 15.4 Å². The highest BCUT2D eigenvalue weighted by Gasteiger charge is 2.46. The molecule has 6 rings (SSSR count). The van der Waals surface area contributed by atoms with Gasteiger partial charge in [-0.25, -0.2) is 0 Å². The smallest absolute Gasteiger partial charge is 0.245 e. The number of hydrogen-bond donors (Lipinski definition) is 4. The van der Waals surface area contributed by atoms with Gasteiger partial charge in [0.25, 0.3) is 0 Å². The molecule has 3 aromatic rings. The van der Waals surface area contributed by atoms with Crippen LogP contribution in [0.5, 0.6) is 5.75 Å². The maximum atomic E-state index is 15.1. The summed E-state index contributed by atoms with van der Waals surface area (Å²) in [6, 6.07) is 10.5. The van der Waals surface area contributed by atoms with Gasteiger partial charge in [0, 0.05) is 84.8 Å². The second-order valence-corrected chi connectivity index (χ2v) is 27.2. The third kappa shape index (κ3) is 19.5. The van der Waals surface area contributed by atoms with E-state index in [1.807, 2.05) is 32.9 Å². The summed E-state index contributed by atoms with van der Waals surface area (Å²) in [4.78, 5) is 186. The number of halogens is 1. The first-order valence-electron chi connectivity index (χ1n) is 32.7. The van der Waals surface area contributed by atoms with Crippen LogP contribution in [0.15, 0.2) is 78.9 Å². The molecule has 0 aliphatic carbocycles. The van der Waals surface area contributed by atoms with Gasteiger partial charge in [-0.15, -0.1) is 0 Å². The van der Waals surface area contributed by atoms with E-state index < -0.39 is 150 Å². The maximum Gasteiger partial charge on any atom is 0.245 e. The topological polar surface area (TPSA) is 288 Å². The number of carbonyl (C=O) groups excluding carboxylic acids is 12. The predicted octanol–water partition coefficient (Wildman–Crippen LogP) is 2.64. The van der Waals surface area contributed by atoms with Gasteiger partial charge in [-0.3, -0.25) is 57.5 Å². The fourth-order valence-electron chi connectivity index (χ4n) is 12.0. The van der Waals surface area contributed by atoms with E-state index in [4.69, 9.17) is 4.74 Å². The summed E-state index contributed by atoms with van der Waals surface area (Å²) in [7, 11) is 9.92. The van der Waals surface area contributed by atoms with Gasteiger partial charge in [-0.05, 0) is 122 Å². The van der Waals surface area contributed by atoms with Crippen LogP contribution in [0.4, 0.5) is 0 Å². The number of nitrogens with zero attached hydrogens (tertiary/aromatic N) is 8. The molecule has 25 nitrogen and oxygen atoms in total. The third-order valence-electron chi connectivity index (χ3n) is 18.8. The first-order valence-corrected chi connectivity index (χ1v) is 33.7. The highest BCUT2D eigenvalue weighted by atomic mass is 127. The minimum Gasteiger partial charge on any atom is -0.497 e. The van der Waals surface area contributed by atoms with Gasteiger partial charge in [0.05, 0.1) is 20.1 Å². The van der Waals surface area contributed by atoms with Crippen LogP contribution in [0.25, 0.3) is 0 Å². The van der Waals surface area contributed by atoms with Crippen molar-refractivity contribution in [1.82, 2.24) is 60.5 Å². The Morgan fingerprint density at radius 3 is 1.78 bits per heavy atom. The molecule has 3 fully saturated rings. The zero-order valence-corrected chi connectivity index (χ0v) is 59.5. The lowest BCUT2D eigenvalue weighted by atomic mass is 9.95. The number of amides is 12. The van der Waals surface area contributed by atoms with Gasteiger partial charge < -0.3 is 65.2 Å². The van der Waals surface area contributed by atoms with Crippen molar-refractivity contribution in [1.29, 1.82) is 0 Å². The van der Waals surface area contributed by atoms with Gasteiger partial charge in [0.2, 0.25) is 70.9 Å². The molecule has 3 aliphatic heterocycles. The van der Waals surface area contributed by atoms with Crippen LogP contribution in [-0.2, 0) is 76.8 Å². The average molecular weight is 1430 g/mol. The molecule has 4 N–H and O–H groups in total. The minimum atomic E-state index is -1.40. The van der Waals surface area contributed by atoms with E-state index >= 15 is 9.59 Å². The molecule has 1 unspecified atom stereocenters. The number of ether oxygens (including phenoxy) is 1. The van der Waals surface area contributed by atoms with Gasteiger partial charge in [-0.1, -0.05) is 88.7 Å². The van der Waals surface area contributed by atoms with Gasteiger partial charge >= 0.3 is 0 Å². The number of likely N-dealkylation sites (N-methyl/N-ethyl adjacent to an activating group) is 6. The molecule has 26 heteroatoms. The third-order valence-corrected chi connectivity index (χ3v) is 19.4. The van der Waals surface area contributed by atoms with Crippen molar-refractivity contribution < 1.29 is 62.3 Å². The zero-order chi connectivity index (χ0) is 70.3. The number of likely N-dealkylation sites (tertiary alicyclic amines) is 1. The number of nitrogens with one attached hydrogen (secondary N) is 4. The Morgan fingerprint density at radius 1 is 0.579 bits per heavy atom. The molecular weight excluding hydrogens is 1330 g/mol. The Hall–Kier alpha value is -8.17. The Morgan fingerprint density at radius 2 is 1.19 bits per heavy atom. The van der Waals surface area contributed by atoms with Gasteiger partial charge in [0.15, 0.2) is 0 Å². The van der Waals surface area contributed by atoms with Crippen molar-refractivity contribution in [3.63, 3.8) is 0 Å². The molecule has 3 aliphatic rings. The average Bonchev–Trinajstić information content (AvgIpc) is 1.07. The van der Waals surface area contributed by atoms with E-state index in [9.17, 15) is 47.9 Å². The van der Waals surface area contributed by atoms with Crippen LogP contribution in [0.1, 0.15) is 104 Å². The second-order valence-electron chi connectivity index (χ2n) is 26.0.